The Balaban J connectivity index is 1.55. The zero-order valence-electron chi connectivity index (χ0n) is 10.6. The summed E-state index contributed by atoms with van der Waals surface area (Å²) in [6.45, 7) is 3.20. The Morgan fingerprint density at radius 1 is 1.61 bits per heavy atom. The second-order valence-electron chi connectivity index (χ2n) is 5.25. The zero-order chi connectivity index (χ0) is 12.6. The number of nitrogens with one attached hydrogen (secondary N) is 1. The Morgan fingerprint density at radius 3 is 3.00 bits per heavy atom. The number of hydrogen-bond acceptors (Lipinski definition) is 5. The molecule has 0 bridgehead atoms. The van der Waals surface area contributed by atoms with Crippen molar-refractivity contribution >= 4 is 22.4 Å². The maximum atomic E-state index is 11.5. The summed E-state index contributed by atoms with van der Waals surface area (Å²) < 4.78 is 4.92. The predicted octanol–water partition coefficient (Wildman–Crippen LogP) is 2.92. The molecular weight excluding hydrogens is 248 g/mol. The Kier molecular flexibility index (Phi) is 3.01. The minimum Gasteiger partial charge on any atom is -0.461 e. The Hall–Kier alpha value is -1.10. The Morgan fingerprint density at radius 2 is 2.39 bits per heavy atom. The SMILES string of the molecule is CCOC(=O)c1csc(NCC2(C3CC3)CC2)n1. The van der Waals surface area contributed by atoms with Crippen LogP contribution in [0.5, 0.6) is 0 Å². The number of aromatic nitrogens is 1. The van der Waals surface area contributed by atoms with Crippen LogP contribution in [0.4, 0.5) is 5.13 Å². The van der Waals surface area contributed by atoms with E-state index < -0.39 is 0 Å². The molecule has 18 heavy (non-hydrogen) atoms. The van der Waals surface area contributed by atoms with Gasteiger partial charge in [-0.2, -0.15) is 0 Å². The lowest BCUT2D eigenvalue weighted by atomic mass is 10.0. The molecule has 0 saturated heterocycles. The number of nitrogens with zero attached hydrogens (tertiary/aromatic N) is 1. The summed E-state index contributed by atoms with van der Waals surface area (Å²) in [5.41, 5.74) is 0.969. The van der Waals surface area contributed by atoms with Crippen molar-refractivity contribution in [1.82, 2.24) is 4.98 Å². The van der Waals surface area contributed by atoms with Gasteiger partial charge in [0.2, 0.25) is 0 Å². The van der Waals surface area contributed by atoms with Gasteiger partial charge in [0.15, 0.2) is 10.8 Å². The summed E-state index contributed by atoms with van der Waals surface area (Å²) in [4.78, 5) is 15.8. The Labute approximate surface area is 111 Å². The monoisotopic (exact) mass is 266 g/mol. The van der Waals surface area contributed by atoms with Gasteiger partial charge in [-0.1, -0.05) is 0 Å². The molecule has 2 saturated carbocycles. The number of hydrogen-bond donors (Lipinski definition) is 1. The summed E-state index contributed by atoms with van der Waals surface area (Å²) in [6.07, 6.45) is 5.49. The van der Waals surface area contributed by atoms with Crippen molar-refractivity contribution in [2.45, 2.75) is 32.6 Å². The molecule has 2 fully saturated rings. The molecule has 1 aromatic rings. The van der Waals surface area contributed by atoms with Gasteiger partial charge in [-0.15, -0.1) is 11.3 Å². The normalized spacial score (nSPS) is 20.5. The minimum atomic E-state index is -0.329. The molecule has 0 spiro atoms. The van der Waals surface area contributed by atoms with Crippen LogP contribution in [0, 0.1) is 11.3 Å². The van der Waals surface area contributed by atoms with Crippen LogP contribution in [0.3, 0.4) is 0 Å². The van der Waals surface area contributed by atoms with E-state index in [0.29, 0.717) is 17.7 Å². The number of anilines is 1. The van der Waals surface area contributed by atoms with E-state index in [9.17, 15) is 4.79 Å². The average Bonchev–Trinajstić information content (AvgIpc) is 3.25. The van der Waals surface area contributed by atoms with Gasteiger partial charge >= 0.3 is 5.97 Å². The third-order valence-corrected chi connectivity index (χ3v) is 4.72. The summed E-state index contributed by atoms with van der Waals surface area (Å²) >= 11 is 1.48. The molecule has 98 valence electrons. The van der Waals surface area contributed by atoms with Gasteiger partial charge in [0.1, 0.15) is 0 Å². The van der Waals surface area contributed by atoms with Crippen molar-refractivity contribution in [3.63, 3.8) is 0 Å². The molecule has 2 aliphatic rings. The highest BCUT2D eigenvalue weighted by Crippen LogP contribution is 2.61. The first-order chi connectivity index (χ1) is 8.73. The number of carbonyl (C=O) groups excluding carboxylic acids is 1. The highest BCUT2D eigenvalue weighted by molar-refractivity contribution is 7.13. The molecule has 4 nitrogen and oxygen atoms in total. The fraction of sp³-hybridized carbons (Fsp3) is 0.692. The van der Waals surface area contributed by atoms with Gasteiger partial charge in [-0.05, 0) is 43.9 Å². The largest absolute Gasteiger partial charge is 0.461 e. The lowest BCUT2D eigenvalue weighted by Gasteiger charge is -2.13. The fourth-order valence-corrected chi connectivity index (χ4v) is 3.17. The van der Waals surface area contributed by atoms with Crippen LogP contribution in [-0.4, -0.2) is 24.1 Å². The van der Waals surface area contributed by atoms with E-state index in [1.165, 1.54) is 37.0 Å². The molecule has 1 aromatic heterocycles. The van der Waals surface area contributed by atoms with E-state index in [2.05, 4.69) is 10.3 Å². The first-order valence-electron chi connectivity index (χ1n) is 6.60. The second-order valence-corrected chi connectivity index (χ2v) is 6.11. The van der Waals surface area contributed by atoms with Gasteiger partial charge in [-0.25, -0.2) is 9.78 Å². The summed E-state index contributed by atoms with van der Waals surface area (Å²) in [5.74, 6) is 0.611. The molecule has 2 aliphatic carbocycles. The maximum absolute atomic E-state index is 11.5. The van der Waals surface area contributed by atoms with Crippen molar-refractivity contribution in [2.75, 3.05) is 18.5 Å². The first kappa shape index (κ1) is 12.0. The number of carbonyl (C=O) groups is 1. The number of thiazole rings is 1. The molecule has 0 aliphatic heterocycles. The van der Waals surface area contributed by atoms with Crippen LogP contribution in [0.1, 0.15) is 43.1 Å². The van der Waals surface area contributed by atoms with Gasteiger partial charge in [0.05, 0.1) is 6.61 Å². The van der Waals surface area contributed by atoms with Crippen LogP contribution >= 0.6 is 11.3 Å². The molecule has 1 heterocycles. The van der Waals surface area contributed by atoms with Gasteiger partial charge < -0.3 is 10.1 Å². The summed E-state index contributed by atoms with van der Waals surface area (Å²) in [6, 6.07) is 0. The van der Waals surface area contributed by atoms with Crippen LogP contribution in [-0.2, 0) is 4.74 Å². The molecule has 3 rings (SSSR count). The molecule has 1 N–H and O–H groups in total. The smallest absolute Gasteiger partial charge is 0.357 e. The molecule has 5 heteroatoms. The van der Waals surface area contributed by atoms with Crippen molar-refractivity contribution in [1.29, 1.82) is 0 Å². The zero-order valence-corrected chi connectivity index (χ0v) is 11.4. The lowest BCUT2D eigenvalue weighted by molar-refractivity contribution is 0.0520. The molecule has 0 amide bonds. The highest BCUT2D eigenvalue weighted by Gasteiger charge is 2.53. The van der Waals surface area contributed by atoms with Gasteiger partial charge in [0, 0.05) is 11.9 Å². The van der Waals surface area contributed by atoms with E-state index >= 15 is 0 Å². The van der Waals surface area contributed by atoms with E-state index in [0.717, 1.165) is 17.6 Å². The summed E-state index contributed by atoms with van der Waals surface area (Å²) in [7, 11) is 0. The van der Waals surface area contributed by atoms with Crippen LogP contribution in [0.15, 0.2) is 5.38 Å². The van der Waals surface area contributed by atoms with Crippen LogP contribution in [0.2, 0.25) is 0 Å². The fourth-order valence-electron chi connectivity index (χ4n) is 2.49. The molecule has 0 radical (unpaired) electrons. The van der Waals surface area contributed by atoms with Crippen molar-refractivity contribution < 1.29 is 9.53 Å². The average molecular weight is 266 g/mol. The van der Waals surface area contributed by atoms with Gasteiger partial charge in [0.25, 0.3) is 0 Å². The van der Waals surface area contributed by atoms with E-state index in [-0.39, 0.29) is 5.97 Å². The number of ether oxygens (including phenoxy) is 1. The predicted molar refractivity (Wildman–Crippen MR) is 71.0 cm³/mol. The third kappa shape index (κ3) is 2.36. The molecular formula is C13H18N2O2S. The van der Waals surface area contributed by atoms with Crippen molar-refractivity contribution in [3.05, 3.63) is 11.1 Å². The van der Waals surface area contributed by atoms with Gasteiger partial charge in [-0.3, -0.25) is 0 Å². The second kappa shape index (κ2) is 4.53. The standard InChI is InChI=1S/C13H18N2O2S/c1-2-17-11(16)10-7-18-12(15-10)14-8-13(5-6-13)9-3-4-9/h7,9H,2-6,8H2,1H3,(H,14,15). The van der Waals surface area contributed by atoms with E-state index in [1.807, 2.05) is 0 Å². The topological polar surface area (TPSA) is 51.2 Å². The van der Waals surface area contributed by atoms with Crippen molar-refractivity contribution in [2.24, 2.45) is 11.3 Å². The number of rotatable bonds is 6. The van der Waals surface area contributed by atoms with E-state index in [1.54, 1.807) is 12.3 Å². The molecule has 0 aromatic carbocycles. The van der Waals surface area contributed by atoms with E-state index in [4.69, 9.17) is 4.74 Å². The molecule has 0 atom stereocenters. The van der Waals surface area contributed by atoms with Crippen LogP contribution in [0.25, 0.3) is 0 Å². The maximum Gasteiger partial charge on any atom is 0.357 e. The highest BCUT2D eigenvalue weighted by atomic mass is 32.1. The van der Waals surface area contributed by atoms with Crippen molar-refractivity contribution in [3.8, 4) is 0 Å². The first-order valence-corrected chi connectivity index (χ1v) is 7.48. The third-order valence-electron chi connectivity index (χ3n) is 3.92. The van der Waals surface area contributed by atoms with Crippen LogP contribution < -0.4 is 5.32 Å². The Bertz CT molecular complexity index is 450. The molecule has 0 unspecified atom stereocenters. The lowest BCUT2D eigenvalue weighted by Crippen LogP contribution is -2.17. The summed E-state index contributed by atoms with van der Waals surface area (Å²) in [5, 5.41) is 5.98. The minimum absolute atomic E-state index is 0.329. The number of esters is 1. The quantitative estimate of drug-likeness (QED) is 0.804.